The zero-order valence-electron chi connectivity index (χ0n) is 18.2. The molecular formula is C25H26N2O4. The molecule has 4 rings (SSSR count). The summed E-state index contributed by atoms with van der Waals surface area (Å²) in [6.45, 7) is 5.05. The third-order valence-electron chi connectivity index (χ3n) is 5.55. The molecule has 0 saturated carbocycles. The lowest BCUT2D eigenvalue weighted by Crippen LogP contribution is -2.33. The molecule has 4 aromatic rings. The van der Waals surface area contributed by atoms with Crippen molar-refractivity contribution in [3.05, 3.63) is 69.8 Å². The first-order chi connectivity index (χ1) is 14.8. The molecule has 0 fully saturated rings. The number of nitrogens with one attached hydrogen (secondary N) is 1. The van der Waals surface area contributed by atoms with E-state index in [1.165, 1.54) is 0 Å². The zero-order chi connectivity index (χ0) is 22.1. The number of hydrogen-bond acceptors (Lipinski definition) is 5. The molecular weight excluding hydrogens is 392 g/mol. The van der Waals surface area contributed by atoms with Gasteiger partial charge in [-0.3, -0.25) is 4.79 Å². The van der Waals surface area contributed by atoms with Gasteiger partial charge < -0.3 is 19.1 Å². The lowest BCUT2D eigenvalue weighted by molar-refractivity contribution is -0.120. The Labute approximate surface area is 180 Å². The summed E-state index contributed by atoms with van der Waals surface area (Å²) in [5, 5.41) is 4.61. The second-order valence-corrected chi connectivity index (χ2v) is 8.07. The molecule has 31 heavy (non-hydrogen) atoms. The number of aryl methyl sites for hydroxylation is 2. The molecule has 6 heteroatoms. The minimum absolute atomic E-state index is 0.00840. The first kappa shape index (κ1) is 20.9. The van der Waals surface area contributed by atoms with Crippen LogP contribution in [0.2, 0.25) is 0 Å². The van der Waals surface area contributed by atoms with Gasteiger partial charge >= 0.3 is 5.63 Å². The summed E-state index contributed by atoms with van der Waals surface area (Å²) in [4.78, 5) is 27.0. The van der Waals surface area contributed by atoms with Gasteiger partial charge in [0.05, 0.1) is 12.0 Å². The number of carbonyl (C=O) groups excluding carboxylic acids is 1. The largest absolute Gasteiger partial charge is 0.461 e. The standard InChI is InChI=1S/C25H26N2O4/c1-15-18-12-20-22(30-16(2)24(20)17-8-6-5-7-9-17)14-21(18)31-25(29)19(15)13-23(28)26-10-11-27(3)4/h5-9,12,14H,10-11,13H2,1-4H3,(H,26,28). The highest BCUT2D eigenvalue weighted by Gasteiger charge is 2.19. The third-order valence-corrected chi connectivity index (χ3v) is 5.55. The molecule has 0 aliphatic heterocycles. The van der Waals surface area contributed by atoms with Crippen LogP contribution in [0.1, 0.15) is 16.9 Å². The van der Waals surface area contributed by atoms with Crippen LogP contribution in [0.15, 0.2) is 56.1 Å². The number of benzene rings is 2. The zero-order valence-corrected chi connectivity index (χ0v) is 18.2. The van der Waals surface area contributed by atoms with E-state index in [-0.39, 0.29) is 12.3 Å². The summed E-state index contributed by atoms with van der Waals surface area (Å²) in [5.74, 6) is 0.610. The van der Waals surface area contributed by atoms with Gasteiger partial charge in [-0.15, -0.1) is 0 Å². The average molecular weight is 418 g/mol. The quantitative estimate of drug-likeness (QED) is 0.478. The van der Waals surface area contributed by atoms with E-state index in [9.17, 15) is 9.59 Å². The van der Waals surface area contributed by atoms with Gasteiger partial charge in [0.15, 0.2) is 0 Å². The molecule has 0 bridgehead atoms. The second-order valence-electron chi connectivity index (χ2n) is 8.07. The number of likely N-dealkylation sites (N-methyl/N-ethyl adjacent to an activating group) is 1. The number of nitrogens with zero attached hydrogens (tertiary/aromatic N) is 1. The summed E-state index contributed by atoms with van der Waals surface area (Å²) in [6, 6.07) is 13.8. The van der Waals surface area contributed by atoms with Crippen LogP contribution < -0.4 is 10.9 Å². The van der Waals surface area contributed by atoms with Crippen molar-refractivity contribution in [2.24, 2.45) is 0 Å². The van der Waals surface area contributed by atoms with Gasteiger partial charge in [0.1, 0.15) is 16.9 Å². The first-order valence-electron chi connectivity index (χ1n) is 10.3. The Hall–Kier alpha value is -3.38. The molecule has 0 aliphatic carbocycles. The lowest BCUT2D eigenvalue weighted by atomic mass is 9.98. The van der Waals surface area contributed by atoms with E-state index in [0.29, 0.717) is 23.3 Å². The Morgan fingerprint density at radius 1 is 1.00 bits per heavy atom. The van der Waals surface area contributed by atoms with E-state index >= 15 is 0 Å². The summed E-state index contributed by atoms with van der Waals surface area (Å²) >= 11 is 0. The van der Waals surface area contributed by atoms with Gasteiger partial charge in [-0.1, -0.05) is 30.3 Å². The topological polar surface area (TPSA) is 75.7 Å². The maximum atomic E-state index is 12.6. The van der Waals surface area contributed by atoms with Crippen LogP contribution in [-0.2, 0) is 11.2 Å². The molecule has 2 aromatic heterocycles. The van der Waals surface area contributed by atoms with Crippen LogP contribution in [0.5, 0.6) is 0 Å². The van der Waals surface area contributed by atoms with Gasteiger partial charge in [0.2, 0.25) is 5.91 Å². The van der Waals surface area contributed by atoms with Gasteiger partial charge in [0, 0.05) is 35.5 Å². The van der Waals surface area contributed by atoms with Gasteiger partial charge in [-0.25, -0.2) is 4.79 Å². The minimum Gasteiger partial charge on any atom is -0.461 e. The number of rotatable bonds is 6. The van der Waals surface area contributed by atoms with Crippen molar-refractivity contribution in [2.75, 3.05) is 27.2 Å². The van der Waals surface area contributed by atoms with Gasteiger partial charge in [-0.05, 0) is 45.1 Å². The molecule has 2 heterocycles. The number of amides is 1. The molecule has 0 aliphatic rings. The Bertz CT molecular complexity index is 1320. The lowest BCUT2D eigenvalue weighted by Gasteiger charge is -2.11. The Balaban J connectivity index is 1.78. The molecule has 6 nitrogen and oxygen atoms in total. The van der Waals surface area contributed by atoms with E-state index in [2.05, 4.69) is 5.32 Å². The maximum absolute atomic E-state index is 12.6. The molecule has 1 N–H and O–H groups in total. The SMILES string of the molecule is Cc1oc2cc3oc(=O)c(CC(=O)NCCN(C)C)c(C)c3cc2c1-c1ccccc1. The van der Waals surface area contributed by atoms with E-state index in [0.717, 1.165) is 39.8 Å². The predicted molar refractivity (Wildman–Crippen MR) is 122 cm³/mol. The minimum atomic E-state index is -0.487. The average Bonchev–Trinajstić information content (AvgIpc) is 3.05. The van der Waals surface area contributed by atoms with E-state index in [4.69, 9.17) is 8.83 Å². The monoisotopic (exact) mass is 418 g/mol. The normalized spacial score (nSPS) is 11.5. The van der Waals surface area contributed by atoms with Crippen LogP contribution >= 0.6 is 0 Å². The Kier molecular flexibility index (Phi) is 5.65. The van der Waals surface area contributed by atoms with Crippen LogP contribution in [-0.4, -0.2) is 38.0 Å². The van der Waals surface area contributed by atoms with Crippen molar-refractivity contribution in [1.82, 2.24) is 10.2 Å². The van der Waals surface area contributed by atoms with E-state index in [1.807, 2.05) is 69.2 Å². The second kappa shape index (κ2) is 8.40. The van der Waals surface area contributed by atoms with E-state index < -0.39 is 5.63 Å². The number of carbonyl (C=O) groups is 1. The summed E-state index contributed by atoms with van der Waals surface area (Å²) in [5.41, 5.74) is 3.86. The highest BCUT2D eigenvalue weighted by atomic mass is 16.4. The first-order valence-corrected chi connectivity index (χ1v) is 10.3. The number of fused-ring (bicyclic) bond motifs is 2. The van der Waals surface area contributed by atoms with Crippen molar-refractivity contribution in [3.8, 4) is 11.1 Å². The molecule has 0 saturated heterocycles. The van der Waals surface area contributed by atoms with Crippen molar-refractivity contribution in [2.45, 2.75) is 20.3 Å². The van der Waals surface area contributed by atoms with Crippen molar-refractivity contribution >= 4 is 27.8 Å². The number of furan rings is 1. The Morgan fingerprint density at radius 2 is 1.71 bits per heavy atom. The molecule has 0 spiro atoms. The van der Waals surface area contributed by atoms with Crippen LogP contribution in [0, 0.1) is 13.8 Å². The predicted octanol–water partition coefficient (Wildman–Crippen LogP) is 4.04. The van der Waals surface area contributed by atoms with Crippen LogP contribution in [0.25, 0.3) is 33.1 Å². The number of hydrogen-bond donors (Lipinski definition) is 1. The van der Waals surface area contributed by atoms with Gasteiger partial charge in [-0.2, -0.15) is 0 Å². The van der Waals surface area contributed by atoms with Crippen LogP contribution in [0.3, 0.4) is 0 Å². The highest BCUT2D eigenvalue weighted by Crippen LogP contribution is 2.37. The fourth-order valence-corrected chi connectivity index (χ4v) is 3.91. The molecule has 0 unspecified atom stereocenters. The summed E-state index contributed by atoms with van der Waals surface area (Å²) < 4.78 is 11.5. The fourth-order valence-electron chi connectivity index (χ4n) is 3.91. The molecule has 160 valence electrons. The third kappa shape index (κ3) is 4.11. The van der Waals surface area contributed by atoms with E-state index in [1.54, 1.807) is 6.07 Å². The van der Waals surface area contributed by atoms with Crippen molar-refractivity contribution in [1.29, 1.82) is 0 Å². The molecule has 2 aromatic carbocycles. The summed E-state index contributed by atoms with van der Waals surface area (Å²) in [7, 11) is 3.88. The molecule has 1 amide bonds. The molecule has 0 radical (unpaired) electrons. The highest BCUT2D eigenvalue weighted by molar-refractivity contribution is 6.03. The fraction of sp³-hybridized carbons (Fsp3) is 0.280. The molecule has 0 atom stereocenters. The van der Waals surface area contributed by atoms with Crippen LogP contribution in [0.4, 0.5) is 0 Å². The van der Waals surface area contributed by atoms with Gasteiger partial charge in [0.25, 0.3) is 0 Å². The summed E-state index contributed by atoms with van der Waals surface area (Å²) in [6.07, 6.45) is -0.00840. The Morgan fingerprint density at radius 3 is 2.42 bits per heavy atom. The van der Waals surface area contributed by atoms with Crippen molar-refractivity contribution < 1.29 is 13.6 Å². The van der Waals surface area contributed by atoms with Crippen molar-refractivity contribution in [3.63, 3.8) is 0 Å². The smallest absolute Gasteiger partial charge is 0.340 e. The maximum Gasteiger partial charge on any atom is 0.340 e.